The number of carbonyl (C=O) groups excluding carboxylic acids is 2. The average Bonchev–Trinajstić information content (AvgIpc) is 2.91. The molecule has 0 unspecified atom stereocenters. The second kappa shape index (κ2) is 8.36. The number of carbonyl (C=O) groups is 2. The van der Waals surface area contributed by atoms with E-state index in [0.29, 0.717) is 31.8 Å². The minimum absolute atomic E-state index is 0.146. The van der Waals surface area contributed by atoms with E-state index in [1.807, 2.05) is 24.3 Å². The van der Waals surface area contributed by atoms with Crippen LogP contribution in [0, 0.1) is 0 Å². The molecule has 0 aromatic heterocycles. The normalized spacial score (nSPS) is 15.0. The Morgan fingerprint density at radius 3 is 2.48 bits per heavy atom. The number of methoxy groups -OCH3 is 1. The minimum atomic E-state index is -0.974. The van der Waals surface area contributed by atoms with Crippen molar-refractivity contribution in [2.45, 2.75) is 25.3 Å². The fourth-order valence-electron chi connectivity index (χ4n) is 2.78. The first-order valence-corrected chi connectivity index (χ1v) is 8.88. The molecule has 1 aromatic rings. The van der Waals surface area contributed by atoms with Gasteiger partial charge in [0.25, 0.3) is 0 Å². The van der Waals surface area contributed by atoms with Crippen molar-refractivity contribution in [2.24, 2.45) is 0 Å². The maximum Gasteiger partial charge on any atom is 0.332 e. The highest BCUT2D eigenvalue weighted by atomic mass is 32.2. The molecule has 0 bridgehead atoms. The molecule has 23 heavy (non-hydrogen) atoms. The van der Waals surface area contributed by atoms with E-state index in [1.165, 1.54) is 11.8 Å². The number of nitrogens with one attached hydrogen (secondary N) is 1. The standard InChI is InChI=1S/C17H23NO4S/c1-3-22-16(20)17(18-15(19)12-23-9-8-21-2)10-13-6-4-5-7-14(13)11-17/h4-7H,3,8-12H2,1-2H3,(H,18,19). The van der Waals surface area contributed by atoms with Crippen LogP contribution in [0.15, 0.2) is 24.3 Å². The summed E-state index contributed by atoms with van der Waals surface area (Å²) < 4.78 is 10.2. The van der Waals surface area contributed by atoms with Gasteiger partial charge < -0.3 is 14.8 Å². The maximum atomic E-state index is 12.5. The molecule has 1 N–H and O–H groups in total. The summed E-state index contributed by atoms with van der Waals surface area (Å²) >= 11 is 1.49. The largest absolute Gasteiger partial charge is 0.464 e. The first-order valence-electron chi connectivity index (χ1n) is 7.73. The molecule has 6 heteroatoms. The third kappa shape index (κ3) is 4.48. The summed E-state index contributed by atoms with van der Waals surface area (Å²) in [6, 6.07) is 7.89. The zero-order chi connectivity index (χ0) is 16.7. The van der Waals surface area contributed by atoms with Gasteiger partial charge >= 0.3 is 5.97 Å². The lowest BCUT2D eigenvalue weighted by molar-refractivity contribution is -0.152. The van der Waals surface area contributed by atoms with Crippen LogP contribution in [-0.2, 0) is 31.9 Å². The fraction of sp³-hybridized carbons (Fsp3) is 0.529. The Bertz CT molecular complexity index is 536. The summed E-state index contributed by atoms with van der Waals surface area (Å²) in [5.41, 5.74) is 1.21. The lowest BCUT2D eigenvalue weighted by Gasteiger charge is -2.27. The predicted molar refractivity (Wildman–Crippen MR) is 90.6 cm³/mol. The summed E-state index contributed by atoms with van der Waals surface area (Å²) in [5, 5.41) is 2.93. The van der Waals surface area contributed by atoms with Crippen molar-refractivity contribution in [3.8, 4) is 0 Å². The van der Waals surface area contributed by atoms with E-state index in [0.717, 1.165) is 16.9 Å². The van der Waals surface area contributed by atoms with E-state index in [4.69, 9.17) is 9.47 Å². The highest BCUT2D eigenvalue weighted by Gasteiger charge is 2.46. The average molecular weight is 337 g/mol. The van der Waals surface area contributed by atoms with E-state index in [1.54, 1.807) is 14.0 Å². The summed E-state index contributed by atoms with van der Waals surface area (Å²) in [4.78, 5) is 24.7. The van der Waals surface area contributed by atoms with Crippen LogP contribution in [0.5, 0.6) is 0 Å². The molecule has 0 atom stereocenters. The van der Waals surface area contributed by atoms with Crippen LogP contribution in [0.1, 0.15) is 18.1 Å². The van der Waals surface area contributed by atoms with Crippen molar-refractivity contribution in [1.82, 2.24) is 5.32 Å². The topological polar surface area (TPSA) is 64.6 Å². The zero-order valence-electron chi connectivity index (χ0n) is 13.6. The first-order chi connectivity index (χ1) is 11.1. The van der Waals surface area contributed by atoms with Crippen LogP contribution >= 0.6 is 11.8 Å². The molecule has 0 heterocycles. The summed E-state index contributed by atoms with van der Waals surface area (Å²) in [5.74, 6) is 0.552. The lowest BCUT2D eigenvalue weighted by atomic mass is 9.95. The highest BCUT2D eigenvalue weighted by Crippen LogP contribution is 2.31. The Kier molecular flexibility index (Phi) is 6.47. The van der Waals surface area contributed by atoms with Crippen molar-refractivity contribution >= 4 is 23.6 Å². The maximum absolute atomic E-state index is 12.5. The first kappa shape index (κ1) is 17.8. The number of esters is 1. The van der Waals surface area contributed by atoms with Crippen molar-refractivity contribution < 1.29 is 19.1 Å². The van der Waals surface area contributed by atoms with E-state index < -0.39 is 5.54 Å². The van der Waals surface area contributed by atoms with Crippen LogP contribution < -0.4 is 5.32 Å². The van der Waals surface area contributed by atoms with Gasteiger partial charge in [0, 0.05) is 25.7 Å². The van der Waals surface area contributed by atoms with E-state index >= 15 is 0 Å². The Morgan fingerprint density at radius 2 is 1.91 bits per heavy atom. The zero-order valence-corrected chi connectivity index (χ0v) is 14.4. The second-order valence-electron chi connectivity index (χ2n) is 5.52. The quantitative estimate of drug-likeness (QED) is 0.576. The van der Waals surface area contributed by atoms with E-state index in [-0.39, 0.29) is 11.9 Å². The molecule has 0 radical (unpaired) electrons. The third-order valence-electron chi connectivity index (χ3n) is 3.81. The van der Waals surface area contributed by atoms with E-state index in [2.05, 4.69) is 5.32 Å². The summed E-state index contributed by atoms with van der Waals surface area (Å²) in [6.45, 7) is 2.68. The van der Waals surface area contributed by atoms with Gasteiger partial charge in [-0.3, -0.25) is 4.79 Å². The Morgan fingerprint density at radius 1 is 1.26 bits per heavy atom. The van der Waals surface area contributed by atoms with Crippen LogP contribution in [0.4, 0.5) is 0 Å². The highest BCUT2D eigenvalue weighted by molar-refractivity contribution is 7.99. The number of hydrogen-bond donors (Lipinski definition) is 1. The molecular formula is C17H23NO4S. The van der Waals surface area contributed by atoms with Gasteiger partial charge in [-0.2, -0.15) is 0 Å². The second-order valence-corrected chi connectivity index (χ2v) is 6.62. The molecule has 126 valence electrons. The van der Waals surface area contributed by atoms with Gasteiger partial charge in [0.15, 0.2) is 0 Å². The van der Waals surface area contributed by atoms with Gasteiger partial charge in [-0.25, -0.2) is 4.79 Å². The lowest BCUT2D eigenvalue weighted by Crippen LogP contribution is -2.56. The van der Waals surface area contributed by atoms with Crippen LogP contribution in [0.25, 0.3) is 0 Å². The Hall–Kier alpha value is -1.53. The minimum Gasteiger partial charge on any atom is -0.464 e. The van der Waals surface area contributed by atoms with Crippen molar-refractivity contribution in [3.63, 3.8) is 0 Å². The number of benzene rings is 1. The van der Waals surface area contributed by atoms with E-state index in [9.17, 15) is 9.59 Å². The van der Waals surface area contributed by atoms with Crippen molar-refractivity contribution in [3.05, 3.63) is 35.4 Å². The molecule has 1 aliphatic rings. The molecule has 0 spiro atoms. The van der Waals surface area contributed by atoms with Crippen LogP contribution in [0.2, 0.25) is 0 Å². The molecule has 1 aliphatic carbocycles. The number of hydrogen-bond acceptors (Lipinski definition) is 5. The van der Waals surface area contributed by atoms with Crippen LogP contribution in [0.3, 0.4) is 0 Å². The molecule has 1 aromatic carbocycles. The number of rotatable bonds is 8. The van der Waals surface area contributed by atoms with Crippen molar-refractivity contribution in [2.75, 3.05) is 31.8 Å². The molecule has 5 nitrogen and oxygen atoms in total. The van der Waals surface area contributed by atoms with Gasteiger partial charge in [-0.1, -0.05) is 24.3 Å². The van der Waals surface area contributed by atoms with Gasteiger partial charge in [0.2, 0.25) is 5.91 Å². The smallest absolute Gasteiger partial charge is 0.332 e. The Labute approximate surface area is 141 Å². The van der Waals surface area contributed by atoms with Gasteiger partial charge in [-0.05, 0) is 18.1 Å². The van der Waals surface area contributed by atoms with Gasteiger partial charge in [0.1, 0.15) is 5.54 Å². The number of ether oxygens (including phenoxy) is 2. The van der Waals surface area contributed by atoms with Crippen molar-refractivity contribution in [1.29, 1.82) is 0 Å². The molecule has 1 amide bonds. The summed E-state index contributed by atoms with van der Waals surface area (Å²) in [7, 11) is 1.63. The molecule has 0 saturated carbocycles. The Balaban J connectivity index is 2.05. The van der Waals surface area contributed by atoms with Crippen LogP contribution in [-0.4, -0.2) is 49.2 Å². The summed E-state index contributed by atoms with van der Waals surface area (Å²) in [6.07, 6.45) is 0.965. The molecule has 0 aliphatic heterocycles. The SMILES string of the molecule is CCOC(=O)C1(NC(=O)CSCCOC)Cc2ccccc2C1. The third-order valence-corrected chi connectivity index (χ3v) is 4.73. The monoisotopic (exact) mass is 337 g/mol. The number of fused-ring (bicyclic) bond motifs is 1. The van der Waals surface area contributed by atoms with Gasteiger partial charge in [-0.15, -0.1) is 11.8 Å². The van der Waals surface area contributed by atoms with Gasteiger partial charge in [0.05, 0.1) is 19.0 Å². The number of thioether (sulfide) groups is 1. The fourth-order valence-corrected chi connectivity index (χ4v) is 3.46. The number of amides is 1. The molecular weight excluding hydrogens is 314 g/mol. The molecule has 2 rings (SSSR count). The molecule has 0 saturated heterocycles. The molecule has 0 fully saturated rings. The predicted octanol–water partition coefficient (Wildman–Crippen LogP) is 1.58.